The predicted octanol–water partition coefficient (Wildman–Crippen LogP) is -0.652. The molecule has 0 atom stereocenters. The molecule has 2 rings (SSSR count). The van der Waals surface area contributed by atoms with Crippen molar-refractivity contribution in [3.63, 3.8) is 0 Å². The van der Waals surface area contributed by atoms with Crippen LogP contribution in [0.2, 0.25) is 0 Å². The minimum absolute atomic E-state index is 0.0295. The highest BCUT2D eigenvalue weighted by atomic mass is 16.4. The predicted molar refractivity (Wildman–Crippen MR) is 58.8 cm³/mol. The number of amides is 1. The van der Waals surface area contributed by atoms with Gasteiger partial charge in [-0.15, -0.1) is 5.10 Å². The van der Waals surface area contributed by atoms with Gasteiger partial charge in [0.25, 0.3) is 5.91 Å². The first-order valence-electron chi connectivity index (χ1n) is 4.97. The molecule has 0 aliphatic carbocycles. The lowest BCUT2D eigenvalue weighted by molar-refractivity contribution is -0.137. The summed E-state index contributed by atoms with van der Waals surface area (Å²) in [5, 5.41) is 22.1. The van der Waals surface area contributed by atoms with Crippen LogP contribution in [0.4, 0.5) is 5.82 Å². The summed E-state index contributed by atoms with van der Waals surface area (Å²) in [5.74, 6) is -1.17. The Bertz CT molecular complexity index is 587. The van der Waals surface area contributed by atoms with Gasteiger partial charge in [-0.05, 0) is 0 Å². The fourth-order valence-corrected chi connectivity index (χ4v) is 1.28. The number of nitrogens with zero attached hydrogens (tertiary/aromatic N) is 5. The second-order valence-electron chi connectivity index (χ2n) is 3.52. The summed E-state index contributed by atoms with van der Waals surface area (Å²) >= 11 is 0. The molecule has 2 N–H and O–H groups in total. The van der Waals surface area contributed by atoms with Gasteiger partial charge in [0, 0.05) is 19.3 Å². The number of carboxylic acid groups (broad SMARTS) is 1. The first kappa shape index (κ1) is 11.8. The Morgan fingerprint density at radius 3 is 2.89 bits per heavy atom. The fourth-order valence-electron chi connectivity index (χ4n) is 1.28. The molecular weight excluding hydrogens is 240 g/mol. The topological polar surface area (TPSA) is 115 Å². The molecule has 2 aromatic heterocycles. The molecule has 9 heteroatoms. The van der Waals surface area contributed by atoms with E-state index in [1.807, 2.05) is 0 Å². The van der Waals surface area contributed by atoms with Gasteiger partial charge in [0.15, 0.2) is 11.5 Å². The maximum Gasteiger partial charge on any atom is 0.325 e. The molecule has 0 unspecified atom stereocenters. The second-order valence-corrected chi connectivity index (χ2v) is 3.52. The van der Waals surface area contributed by atoms with Gasteiger partial charge in [-0.3, -0.25) is 14.3 Å². The monoisotopic (exact) mass is 250 g/mol. The van der Waals surface area contributed by atoms with E-state index in [0.717, 1.165) is 4.68 Å². The van der Waals surface area contributed by atoms with E-state index in [4.69, 9.17) is 5.11 Å². The average molecular weight is 250 g/mol. The van der Waals surface area contributed by atoms with E-state index < -0.39 is 11.9 Å². The molecule has 94 valence electrons. The van der Waals surface area contributed by atoms with Crippen LogP contribution in [0, 0.1) is 0 Å². The lowest BCUT2D eigenvalue weighted by Crippen LogP contribution is -2.13. The van der Waals surface area contributed by atoms with Crippen molar-refractivity contribution in [2.45, 2.75) is 6.54 Å². The summed E-state index contributed by atoms with van der Waals surface area (Å²) in [7, 11) is 1.72. The number of nitrogens with one attached hydrogen (secondary N) is 1. The summed E-state index contributed by atoms with van der Waals surface area (Å²) in [5.41, 5.74) is 0.0295. The lowest BCUT2D eigenvalue weighted by atomic mass is 10.4. The van der Waals surface area contributed by atoms with Crippen LogP contribution < -0.4 is 5.32 Å². The third-order valence-corrected chi connectivity index (χ3v) is 2.02. The van der Waals surface area contributed by atoms with E-state index in [9.17, 15) is 9.59 Å². The molecule has 0 fully saturated rings. The summed E-state index contributed by atoms with van der Waals surface area (Å²) in [6, 6.07) is 1.62. The summed E-state index contributed by atoms with van der Waals surface area (Å²) in [4.78, 5) is 22.1. The minimum atomic E-state index is -1.06. The number of aryl methyl sites for hydroxylation is 1. The second kappa shape index (κ2) is 4.65. The van der Waals surface area contributed by atoms with Crippen molar-refractivity contribution >= 4 is 17.7 Å². The number of aliphatic carboxylic acids is 1. The van der Waals surface area contributed by atoms with E-state index >= 15 is 0 Å². The van der Waals surface area contributed by atoms with Crippen LogP contribution >= 0.6 is 0 Å². The van der Waals surface area contributed by atoms with Crippen LogP contribution in [0.1, 0.15) is 10.5 Å². The standard InChI is InChI=1S/C9H10N6O3/c1-14-3-2-7(12-14)10-9(18)6-4-15(13-11-6)5-8(16)17/h2-4H,5H2,1H3,(H,16,17)(H,10,12,18). The molecule has 0 spiro atoms. The SMILES string of the molecule is Cn1ccc(NC(=O)c2cn(CC(=O)O)nn2)n1. The van der Waals surface area contributed by atoms with Crippen molar-refractivity contribution in [1.29, 1.82) is 0 Å². The van der Waals surface area contributed by atoms with Gasteiger partial charge >= 0.3 is 5.97 Å². The van der Waals surface area contributed by atoms with Crippen LogP contribution in [0.5, 0.6) is 0 Å². The van der Waals surface area contributed by atoms with Gasteiger partial charge in [-0.1, -0.05) is 5.21 Å². The van der Waals surface area contributed by atoms with Gasteiger partial charge in [0.1, 0.15) is 6.54 Å². The highest BCUT2D eigenvalue weighted by Crippen LogP contribution is 2.03. The molecule has 0 aromatic carbocycles. The maximum absolute atomic E-state index is 11.7. The molecular formula is C9H10N6O3. The number of hydrogen-bond acceptors (Lipinski definition) is 5. The van der Waals surface area contributed by atoms with Gasteiger partial charge in [-0.25, -0.2) is 4.68 Å². The third-order valence-electron chi connectivity index (χ3n) is 2.02. The number of carbonyl (C=O) groups excluding carboxylic acids is 1. The minimum Gasteiger partial charge on any atom is -0.480 e. The van der Waals surface area contributed by atoms with Gasteiger partial charge in [0.2, 0.25) is 0 Å². The number of carbonyl (C=O) groups is 2. The van der Waals surface area contributed by atoms with Crippen LogP contribution in [-0.2, 0) is 18.4 Å². The average Bonchev–Trinajstić information content (AvgIpc) is 2.87. The molecule has 0 radical (unpaired) electrons. The Kier molecular flexibility index (Phi) is 3.04. The van der Waals surface area contributed by atoms with Crippen molar-refractivity contribution in [1.82, 2.24) is 24.8 Å². The highest BCUT2D eigenvalue weighted by molar-refractivity contribution is 6.02. The molecule has 0 bridgehead atoms. The number of anilines is 1. The number of aromatic nitrogens is 5. The first-order chi connectivity index (χ1) is 8.54. The Morgan fingerprint density at radius 1 is 1.50 bits per heavy atom. The van der Waals surface area contributed by atoms with E-state index in [0.29, 0.717) is 5.82 Å². The van der Waals surface area contributed by atoms with Crippen molar-refractivity contribution in [3.8, 4) is 0 Å². The Hall–Kier alpha value is -2.71. The summed E-state index contributed by atoms with van der Waals surface area (Å²) in [6.07, 6.45) is 2.93. The molecule has 0 aliphatic rings. The zero-order valence-electron chi connectivity index (χ0n) is 9.44. The maximum atomic E-state index is 11.7. The van der Waals surface area contributed by atoms with E-state index in [1.165, 1.54) is 10.9 Å². The highest BCUT2D eigenvalue weighted by Gasteiger charge is 2.13. The van der Waals surface area contributed by atoms with Gasteiger partial charge in [-0.2, -0.15) is 5.10 Å². The Balaban J connectivity index is 2.05. The smallest absolute Gasteiger partial charge is 0.325 e. The molecule has 18 heavy (non-hydrogen) atoms. The molecule has 0 saturated heterocycles. The molecule has 0 aliphatic heterocycles. The quantitative estimate of drug-likeness (QED) is 0.745. The molecule has 9 nitrogen and oxygen atoms in total. The normalized spacial score (nSPS) is 10.3. The third kappa shape index (κ3) is 2.70. The molecule has 1 amide bonds. The van der Waals surface area contributed by atoms with Gasteiger partial charge in [0.05, 0.1) is 6.20 Å². The fraction of sp³-hybridized carbons (Fsp3) is 0.222. The van der Waals surface area contributed by atoms with Crippen molar-refractivity contribution in [2.75, 3.05) is 5.32 Å². The summed E-state index contributed by atoms with van der Waals surface area (Å²) in [6.45, 7) is -0.343. The number of rotatable bonds is 4. The largest absolute Gasteiger partial charge is 0.480 e. The molecule has 0 saturated carbocycles. The van der Waals surface area contributed by atoms with Gasteiger partial charge < -0.3 is 10.4 Å². The van der Waals surface area contributed by atoms with Crippen LogP contribution in [0.25, 0.3) is 0 Å². The van der Waals surface area contributed by atoms with Crippen LogP contribution in [0.15, 0.2) is 18.5 Å². The Labute approximate surface area is 101 Å². The van der Waals surface area contributed by atoms with Crippen molar-refractivity contribution in [2.24, 2.45) is 7.05 Å². The number of hydrogen-bond donors (Lipinski definition) is 2. The molecule has 2 aromatic rings. The van der Waals surface area contributed by atoms with E-state index in [2.05, 4.69) is 20.7 Å². The van der Waals surface area contributed by atoms with Crippen molar-refractivity contribution < 1.29 is 14.7 Å². The Morgan fingerprint density at radius 2 is 2.28 bits per heavy atom. The number of carboxylic acids is 1. The zero-order valence-corrected chi connectivity index (χ0v) is 9.44. The van der Waals surface area contributed by atoms with Crippen LogP contribution in [0.3, 0.4) is 0 Å². The zero-order chi connectivity index (χ0) is 13.1. The van der Waals surface area contributed by atoms with Crippen LogP contribution in [-0.4, -0.2) is 41.8 Å². The summed E-state index contributed by atoms with van der Waals surface area (Å²) < 4.78 is 2.60. The van der Waals surface area contributed by atoms with E-state index in [1.54, 1.807) is 19.3 Å². The van der Waals surface area contributed by atoms with E-state index in [-0.39, 0.29) is 12.2 Å². The molecule has 2 heterocycles. The first-order valence-corrected chi connectivity index (χ1v) is 4.97. The lowest BCUT2D eigenvalue weighted by Gasteiger charge is -1.96. The van der Waals surface area contributed by atoms with Crippen molar-refractivity contribution in [3.05, 3.63) is 24.2 Å².